The van der Waals surface area contributed by atoms with Crippen molar-refractivity contribution in [1.29, 1.82) is 0 Å². The van der Waals surface area contributed by atoms with Gasteiger partial charge in [-0.15, -0.1) is 0 Å². The lowest BCUT2D eigenvalue weighted by atomic mass is 9.99. The summed E-state index contributed by atoms with van der Waals surface area (Å²) in [7, 11) is -3.56. The number of hydrogen-bond donors (Lipinski definition) is 1. The molecule has 0 spiro atoms. The third-order valence-electron chi connectivity index (χ3n) is 4.07. The highest BCUT2D eigenvalue weighted by atomic mass is 32.2. The van der Waals surface area contributed by atoms with E-state index in [4.69, 9.17) is 0 Å². The molecule has 3 nitrogen and oxygen atoms in total. The quantitative estimate of drug-likeness (QED) is 0.928. The predicted octanol–water partition coefficient (Wildman–Crippen LogP) is 4.06. The minimum atomic E-state index is -3.56. The van der Waals surface area contributed by atoms with Gasteiger partial charge >= 0.3 is 0 Å². The molecule has 0 heterocycles. The number of fused-ring (bicyclic) bond motifs is 1. The van der Waals surface area contributed by atoms with Crippen LogP contribution in [0, 0.1) is 13.8 Å². The van der Waals surface area contributed by atoms with Crippen LogP contribution >= 0.6 is 0 Å². The number of benzene rings is 2. The Balaban J connectivity index is 2.02. The lowest BCUT2D eigenvalue weighted by molar-refractivity contribution is 0.601. The van der Waals surface area contributed by atoms with Crippen molar-refractivity contribution in [2.45, 2.75) is 32.1 Å². The largest absolute Gasteiger partial charge is 0.279 e. The zero-order valence-corrected chi connectivity index (χ0v) is 13.8. The third kappa shape index (κ3) is 2.55. The van der Waals surface area contributed by atoms with E-state index in [9.17, 15) is 8.42 Å². The molecule has 4 heteroatoms. The first-order valence-corrected chi connectivity index (χ1v) is 8.76. The van der Waals surface area contributed by atoms with Crippen LogP contribution in [0.1, 0.15) is 29.2 Å². The highest BCUT2D eigenvalue weighted by molar-refractivity contribution is 7.92. The van der Waals surface area contributed by atoms with Gasteiger partial charge in [0, 0.05) is 0 Å². The van der Waals surface area contributed by atoms with Crippen LogP contribution in [0.3, 0.4) is 0 Å². The van der Waals surface area contributed by atoms with Crippen molar-refractivity contribution >= 4 is 21.3 Å². The van der Waals surface area contributed by atoms with Crippen molar-refractivity contribution in [3.8, 4) is 0 Å². The maximum absolute atomic E-state index is 12.6. The Morgan fingerprint density at radius 2 is 1.82 bits per heavy atom. The summed E-state index contributed by atoms with van der Waals surface area (Å²) in [5.41, 5.74) is 6.23. The van der Waals surface area contributed by atoms with Gasteiger partial charge in [0.25, 0.3) is 10.0 Å². The van der Waals surface area contributed by atoms with E-state index >= 15 is 0 Å². The van der Waals surface area contributed by atoms with Crippen LogP contribution in [0.25, 0.3) is 5.57 Å². The van der Waals surface area contributed by atoms with Gasteiger partial charge < -0.3 is 0 Å². The molecule has 2 aromatic rings. The molecule has 22 heavy (non-hydrogen) atoms. The Hall–Kier alpha value is -2.07. The van der Waals surface area contributed by atoms with Crippen molar-refractivity contribution in [2.75, 3.05) is 4.72 Å². The second kappa shape index (κ2) is 5.29. The predicted molar refractivity (Wildman–Crippen MR) is 90.5 cm³/mol. The summed E-state index contributed by atoms with van der Waals surface area (Å²) >= 11 is 0. The molecule has 0 saturated carbocycles. The van der Waals surface area contributed by atoms with Crippen molar-refractivity contribution in [1.82, 2.24) is 0 Å². The van der Waals surface area contributed by atoms with E-state index < -0.39 is 10.0 Å². The second-order valence-electron chi connectivity index (χ2n) is 5.80. The molecule has 1 aliphatic carbocycles. The van der Waals surface area contributed by atoms with Crippen molar-refractivity contribution < 1.29 is 8.42 Å². The molecule has 0 saturated heterocycles. The lowest BCUT2D eigenvalue weighted by Crippen LogP contribution is -2.14. The van der Waals surface area contributed by atoms with Crippen LogP contribution in [0.4, 0.5) is 5.69 Å². The highest BCUT2D eigenvalue weighted by Crippen LogP contribution is 2.35. The molecule has 2 aromatic carbocycles. The molecule has 0 atom stereocenters. The Morgan fingerprint density at radius 1 is 1.05 bits per heavy atom. The molecule has 114 valence electrons. The molecule has 0 aliphatic heterocycles. The molecule has 3 rings (SSSR count). The van der Waals surface area contributed by atoms with E-state index in [1.165, 1.54) is 16.7 Å². The first kappa shape index (κ1) is 14.9. The fourth-order valence-electron chi connectivity index (χ4n) is 2.96. The Bertz CT molecular complexity index is 880. The zero-order valence-electron chi connectivity index (χ0n) is 13.0. The number of nitrogens with one attached hydrogen (secondary N) is 1. The fourth-order valence-corrected chi connectivity index (χ4v) is 4.16. The SMILES string of the molecule is CC1=CCc2c(NS(=O)(=O)c3cccc(C)c3)ccc(C)c21. The number of anilines is 1. The van der Waals surface area contributed by atoms with Gasteiger partial charge in [-0.1, -0.05) is 24.3 Å². The van der Waals surface area contributed by atoms with E-state index in [2.05, 4.69) is 24.6 Å². The molecular formula is C18H19NO2S. The van der Waals surface area contributed by atoms with E-state index in [0.717, 1.165) is 17.5 Å². The Labute approximate surface area is 131 Å². The summed E-state index contributed by atoms with van der Waals surface area (Å²) in [6, 6.07) is 10.8. The average Bonchev–Trinajstić information content (AvgIpc) is 2.85. The van der Waals surface area contributed by atoms with Gasteiger partial charge in [0.05, 0.1) is 10.6 Å². The summed E-state index contributed by atoms with van der Waals surface area (Å²) in [5.74, 6) is 0. The van der Waals surface area contributed by atoms with Gasteiger partial charge in [-0.2, -0.15) is 0 Å². The van der Waals surface area contributed by atoms with Gasteiger partial charge in [0.1, 0.15) is 0 Å². The number of hydrogen-bond acceptors (Lipinski definition) is 2. The normalized spacial score (nSPS) is 13.7. The van der Waals surface area contributed by atoms with Crippen LogP contribution in [-0.2, 0) is 16.4 Å². The average molecular weight is 313 g/mol. The third-order valence-corrected chi connectivity index (χ3v) is 5.44. The molecule has 0 fully saturated rings. The summed E-state index contributed by atoms with van der Waals surface area (Å²) in [6.45, 7) is 6.01. The first-order valence-electron chi connectivity index (χ1n) is 7.27. The summed E-state index contributed by atoms with van der Waals surface area (Å²) < 4.78 is 27.9. The maximum atomic E-state index is 12.6. The van der Waals surface area contributed by atoms with Crippen LogP contribution < -0.4 is 4.72 Å². The monoisotopic (exact) mass is 313 g/mol. The number of aryl methyl sites for hydroxylation is 2. The van der Waals surface area contributed by atoms with Crippen LogP contribution in [-0.4, -0.2) is 8.42 Å². The zero-order chi connectivity index (χ0) is 15.9. The number of allylic oxidation sites excluding steroid dienone is 2. The van der Waals surface area contributed by atoms with Gasteiger partial charge in [0.15, 0.2) is 0 Å². The van der Waals surface area contributed by atoms with Gasteiger partial charge in [-0.05, 0) is 73.2 Å². The van der Waals surface area contributed by atoms with Gasteiger partial charge in [0.2, 0.25) is 0 Å². The number of sulfonamides is 1. The Morgan fingerprint density at radius 3 is 2.55 bits per heavy atom. The number of rotatable bonds is 3. The Kier molecular flexibility index (Phi) is 3.57. The second-order valence-corrected chi connectivity index (χ2v) is 7.48. The van der Waals surface area contributed by atoms with E-state index in [1.54, 1.807) is 18.2 Å². The van der Waals surface area contributed by atoms with Crippen molar-refractivity contribution in [3.63, 3.8) is 0 Å². The highest BCUT2D eigenvalue weighted by Gasteiger charge is 2.21. The first-order chi connectivity index (χ1) is 10.4. The molecule has 0 aromatic heterocycles. The summed E-state index contributed by atoms with van der Waals surface area (Å²) in [5, 5.41) is 0. The molecule has 1 N–H and O–H groups in total. The molecular weight excluding hydrogens is 294 g/mol. The fraction of sp³-hybridized carbons (Fsp3) is 0.222. The molecule has 0 amide bonds. The van der Waals surface area contributed by atoms with Crippen LogP contribution in [0.5, 0.6) is 0 Å². The van der Waals surface area contributed by atoms with Crippen molar-refractivity contribution in [2.24, 2.45) is 0 Å². The molecule has 0 unspecified atom stereocenters. The topological polar surface area (TPSA) is 46.2 Å². The molecule has 0 radical (unpaired) electrons. The molecule has 1 aliphatic rings. The van der Waals surface area contributed by atoms with Gasteiger partial charge in [-0.3, -0.25) is 4.72 Å². The smallest absolute Gasteiger partial charge is 0.261 e. The van der Waals surface area contributed by atoms with Gasteiger partial charge in [-0.25, -0.2) is 8.42 Å². The minimum Gasteiger partial charge on any atom is -0.279 e. The van der Waals surface area contributed by atoms with E-state index in [1.807, 2.05) is 25.1 Å². The van der Waals surface area contributed by atoms with Crippen LogP contribution in [0.15, 0.2) is 47.4 Å². The van der Waals surface area contributed by atoms with Crippen LogP contribution in [0.2, 0.25) is 0 Å². The minimum absolute atomic E-state index is 0.296. The van der Waals surface area contributed by atoms with E-state index in [0.29, 0.717) is 10.6 Å². The lowest BCUT2D eigenvalue weighted by Gasteiger charge is -2.15. The summed E-state index contributed by atoms with van der Waals surface area (Å²) in [6.07, 6.45) is 2.91. The summed E-state index contributed by atoms with van der Waals surface area (Å²) in [4.78, 5) is 0.296. The molecule has 0 bridgehead atoms. The maximum Gasteiger partial charge on any atom is 0.261 e. The van der Waals surface area contributed by atoms with E-state index in [-0.39, 0.29) is 0 Å². The van der Waals surface area contributed by atoms with Crippen molar-refractivity contribution in [3.05, 3.63) is 64.7 Å². The standard InChI is InChI=1S/C18H19NO2S/c1-12-5-4-6-15(11-12)22(20,21)19-17-10-8-14(3)18-13(2)7-9-16(17)18/h4-8,10-11,19H,9H2,1-3H3.